The van der Waals surface area contributed by atoms with Crippen molar-refractivity contribution in [2.45, 2.75) is 38.7 Å². The van der Waals surface area contributed by atoms with E-state index in [0.29, 0.717) is 6.10 Å². The van der Waals surface area contributed by atoms with E-state index in [-0.39, 0.29) is 0 Å². The van der Waals surface area contributed by atoms with E-state index in [0.717, 1.165) is 41.1 Å². The van der Waals surface area contributed by atoms with Crippen LogP contribution in [-0.4, -0.2) is 35.6 Å². The molecule has 3 heteroatoms. The highest BCUT2D eigenvalue weighted by Crippen LogP contribution is 2.32. The zero-order chi connectivity index (χ0) is 14.9. The summed E-state index contributed by atoms with van der Waals surface area (Å²) in [5.74, 6) is 1.99. The van der Waals surface area contributed by atoms with Crippen LogP contribution in [0.2, 0.25) is 0 Å². The van der Waals surface area contributed by atoms with E-state index in [4.69, 9.17) is 4.74 Å². The van der Waals surface area contributed by atoms with Crippen molar-refractivity contribution in [3.05, 3.63) is 36.0 Å². The van der Waals surface area contributed by atoms with Gasteiger partial charge in [-0.05, 0) is 50.7 Å². The maximum absolute atomic E-state index is 6.35. The second kappa shape index (κ2) is 5.88. The summed E-state index contributed by atoms with van der Waals surface area (Å²) < 4.78 is 6.35. The Balaban J connectivity index is 1.45. The van der Waals surface area contributed by atoms with Gasteiger partial charge in [0.1, 0.15) is 11.9 Å². The Labute approximate surface area is 132 Å². The molecule has 1 aliphatic carbocycles. The summed E-state index contributed by atoms with van der Waals surface area (Å²) in [4.78, 5) is 7.21. The molecule has 2 aromatic rings. The quantitative estimate of drug-likeness (QED) is 0.858. The summed E-state index contributed by atoms with van der Waals surface area (Å²) in [6, 6.07) is 10.4. The summed E-state index contributed by atoms with van der Waals surface area (Å²) in [6.07, 6.45) is 5.52. The Morgan fingerprint density at radius 2 is 1.91 bits per heavy atom. The molecule has 1 saturated carbocycles. The second-order valence-electron chi connectivity index (χ2n) is 6.84. The average Bonchev–Trinajstić information content (AvgIpc) is 3.33. The summed E-state index contributed by atoms with van der Waals surface area (Å²) in [5.41, 5.74) is 2.06. The van der Waals surface area contributed by atoms with E-state index >= 15 is 0 Å². The number of benzene rings is 1. The third kappa shape index (κ3) is 3.09. The molecular weight excluding hydrogens is 272 g/mol. The molecule has 1 saturated heterocycles. The first kappa shape index (κ1) is 14.0. The number of ether oxygens (including phenoxy) is 1. The molecule has 1 aromatic heterocycles. The van der Waals surface area contributed by atoms with E-state index < -0.39 is 0 Å². The van der Waals surface area contributed by atoms with E-state index in [9.17, 15) is 0 Å². The molecule has 2 fully saturated rings. The smallest absolute Gasteiger partial charge is 0.130 e. The Bertz CT molecular complexity index is 658. The monoisotopic (exact) mass is 296 g/mol. The molecular formula is C19H24N2O. The van der Waals surface area contributed by atoms with Gasteiger partial charge in [-0.1, -0.05) is 12.1 Å². The van der Waals surface area contributed by atoms with Crippen LogP contribution in [0, 0.1) is 12.8 Å². The van der Waals surface area contributed by atoms with Crippen LogP contribution in [0.1, 0.15) is 31.4 Å². The molecule has 2 heterocycles. The van der Waals surface area contributed by atoms with Gasteiger partial charge < -0.3 is 9.64 Å². The zero-order valence-corrected chi connectivity index (χ0v) is 13.3. The second-order valence-corrected chi connectivity index (χ2v) is 6.84. The van der Waals surface area contributed by atoms with Gasteiger partial charge >= 0.3 is 0 Å². The first-order valence-corrected chi connectivity index (χ1v) is 8.53. The number of para-hydroxylation sites is 1. The van der Waals surface area contributed by atoms with Gasteiger partial charge in [0, 0.05) is 36.8 Å². The molecule has 0 bridgehead atoms. The van der Waals surface area contributed by atoms with Gasteiger partial charge in [0.05, 0.1) is 5.52 Å². The van der Waals surface area contributed by atoms with Crippen molar-refractivity contribution < 1.29 is 4.74 Å². The minimum atomic E-state index is 0.348. The van der Waals surface area contributed by atoms with E-state index in [1.54, 1.807) is 0 Å². The number of fused-ring (bicyclic) bond motifs is 1. The van der Waals surface area contributed by atoms with E-state index in [1.165, 1.54) is 32.5 Å². The van der Waals surface area contributed by atoms with Crippen molar-refractivity contribution in [2.24, 2.45) is 5.92 Å². The third-order valence-electron chi connectivity index (χ3n) is 4.85. The maximum Gasteiger partial charge on any atom is 0.130 e. The highest BCUT2D eigenvalue weighted by molar-refractivity contribution is 5.85. The summed E-state index contributed by atoms with van der Waals surface area (Å²) in [7, 11) is 0. The van der Waals surface area contributed by atoms with Crippen molar-refractivity contribution >= 4 is 10.9 Å². The molecule has 4 rings (SSSR count). The number of hydrogen-bond donors (Lipinski definition) is 0. The number of piperidine rings is 1. The molecule has 2 aliphatic rings. The fraction of sp³-hybridized carbons (Fsp3) is 0.526. The Kier molecular flexibility index (Phi) is 3.75. The van der Waals surface area contributed by atoms with E-state index in [1.807, 2.05) is 13.0 Å². The third-order valence-corrected chi connectivity index (χ3v) is 4.85. The van der Waals surface area contributed by atoms with Crippen LogP contribution in [0.3, 0.4) is 0 Å². The highest BCUT2D eigenvalue weighted by Gasteiger charge is 2.27. The number of aryl methyl sites for hydroxylation is 1. The Hall–Kier alpha value is -1.61. The van der Waals surface area contributed by atoms with Crippen LogP contribution in [0.25, 0.3) is 10.9 Å². The molecule has 0 amide bonds. The minimum Gasteiger partial charge on any atom is -0.490 e. The van der Waals surface area contributed by atoms with Gasteiger partial charge in [0.2, 0.25) is 0 Å². The average molecular weight is 296 g/mol. The van der Waals surface area contributed by atoms with Gasteiger partial charge in [-0.3, -0.25) is 4.98 Å². The maximum atomic E-state index is 6.35. The predicted octanol–water partition coefficient (Wildman–Crippen LogP) is 3.80. The summed E-state index contributed by atoms with van der Waals surface area (Å²) in [6.45, 7) is 5.72. The SMILES string of the molecule is Cc1cc(OC2CCN(CC3CC3)CC2)c2ccccc2n1. The lowest BCUT2D eigenvalue weighted by atomic mass is 10.1. The molecule has 1 aromatic carbocycles. The first-order valence-electron chi connectivity index (χ1n) is 8.53. The molecule has 22 heavy (non-hydrogen) atoms. The fourth-order valence-corrected chi connectivity index (χ4v) is 3.42. The molecule has 1 aliphatic heterocycles. The zero-order valence-electron chi connectivity index (χ0n) is 13.3. The van der Waals surface area contributed by atoms with Crippen LogP contribution in [0.4, 0.5) is 0 Å². The molecule has 0 unspecified atom stereocenters. The number of hydrogen-bond acceptors (Lipinski definition) is 3. The lowest BCUT2D eigenvalue weighted by Gasteiger charge is -2.32. The minimum absolute atomic E-state index is 0.348. The topological polar surface area (TPSA) is 25.4 Å². The summed E-state index contributed by atoms with van der Waals surface area (Å²) >= 11 is 0. The fourth-order valence-electron chi connectivity index (χ4n) is 3.42. The predicted molar refractivity (Wildman–Crippen MR) is 89.3 cm³/mol. The molecule has 3 nitrogen and oxygen atoms in total. The van der Waals surface area contributed by atoms with Crippen LogP contribution in [-0.2, 0) is 0 Å². The van der Waals surface area contributed by atoms with Crippen molar-refractivity contribution in [3.8, 4) is 5.75 Å². The highest BCUT2D eigenvalue weighted by atomic mass is 16.5. The number of aromatic nitrogens is 1. The van der Waals surface area contributed by atoms with E-state index in [2.05, 4.69) is 34.1 Å². The van der Waals surface area contributed by atoms with Gasteiger partial charge in [-0.2, -0.15) is 0 Å². The van der Waals surface area contributed by atoms with Crippen LogP contribution in [0.5, 0.6) is 5.75 Å². The lowest BCUT2D eigenvalue weighted by Crippen LogP contribution is -2.39. The van der Waals surface area contributed by atoms with Crippen LogP contribution >= 0.6 is 0 Å². The molecule has 0 spiro atoms. The molecule has 0 N–H and O–H groups in total. The largest absolute Gasteiger partial charge is 0.490 e. The lowest BCUT2D eigenvalue weighted by molar-refractivity contribution is 0.0991. The first-order chi connectivity index (χ1) is 10.8. The number of pyridine rings is 1. The molecule has 0 radical (unpaired) electrons. The van der Waals surface area contributed by atoms with Gasteiger partial charge in [-0.25, -0.2) is 0 Å². The summed E-state index contributed by atoms with van der Waals surface area (Å²) in [5, 5.41) is 1.13. The molecule has 116 valence electrons. The Morgan fingerprint density at radius 1 is 1.14 bits per heavy atom. The van der Waals surface area contributed by atoms with Crippen molar-refractivity contribution in [3.63, 3.8) is 0 Å². The molecule has 0 atom stereocenters. The van der Waals surface area contributed by atoms with Gasteiger partial charge in [0.25, 0.3) is 0 Å². The van der Waals surface area contributed by atoms with Crippen LogP contribution in [0.15, 0.2) is 30.3 Å². The van der Waals surface area contributed by atoms with Crippen LogP contribution < -0.4 is 4.74 Å². The Morgan fingerprint density at radius 3 is 2.68 bits per heavy atom. The normalized spacial score (nSPS) is 20.4. The standard InChI is InChI=1S/C19H24N2O/c1-14-12-19(17-4-2-3-5-18(17)20-14)22-16-8-10-21(11-9-16)13-15-6-7-15/h2-5,12,15-16H,6-11,13H2,1H3. The number of nitrogens with zero attached hydrogens (tertiary/aromatic N) is 2. The van der Waals surface area contributed by atoms with Crippen molar-refractivity contribution in [1.82, 2.24) is 9.88 Å². The van der Waals surface area contributed by atoms with Gasteiger partial charge in [0.15, 0.2) is 0 Å². The number of likely N-dealkylation sites (tertiary alicyclic amines) is 1. The van der Waals surface area contributed by atoms with Crippen molar-refractivity contribution in [2.75, 3.05) is 19.6 Å². The van der Waals surface area contributed by atoms with Crippen molar-refractivity contribution in [1.29, 1.82) is 0 Å². The van der Waals surface area contributed by atoms with Gasteiger partial charge in [-0.15, -0.1) is 0 Å². The number of rotatable bonds is 4.